The van der Waals surface area contributed by atoms with Crippen LogP contribution in [0.15, 0.2) is 116 Å². The minimum absolute atomic E-state index is 0.0215. The number of aliphatic hydroxyl groups excluding tert-OH is 1. The molecule has 4 nitrogen and oxygen atoms in total. The van der Waals surface area contributed by atoms with Crippen molar-refractivity contribution < 1.29 is 9.94 Å². The van der Waals surface area contributed by atoms with Crippen LogP contribution in [-0.2, 0) is 17.0 Å². The molecule has 0 saturated heterocycles. The molecule has 3 aromatic carbocycles. The molecule has 1 atom stereocenters. The summed E-state index contributed by atoms with van der Waals surface area (Å²) in [7, 11) is 0. The number of aromatic nitrogens is 1. The second kappa shape index (κ2) is 11.2. The molecule has 0 amide bonds. The number of nitrogens with zero attached hydrogens (tertiary/aromatic N) is 2. The van der Waals surface area contributed by atoms with E-state index in [-0.39, 0.29) is 18.6 Å². The summed E-state index contributed by atoms with van der Waals surface area (Å²) in [6.07, 6.45) is 3.61. The van der Waals surface area contributed by atoms with E-state index >= 15 is 0 Å². The number of pyridine rings is 1. The van der Waals surface area contributed by atoms with Crippen LogP contribution in [0.5, 0.6) is 0 Å². The summed E-state index contributed by atoms with van der Waals surface area (Å²) in [5.74, 6) is 0.168. The van der Waals surface area contributed by atoms with Crippen LogP contribution in [0.4, 0.5) is 0 Å². The van der Waals surface area contributed by atoms with Gasteiger partial charge in [0.1, 0.15) is 0 Å². The van der Waals surface area contributed by atoms with Gasteiger partial charge in [-0.2, -0.15) is 5.06 Å². The predicted molar refractivity (Wildman–Crippen MR) is 136 cm³/mol. The van der Waals surface area contributed by atoms with Gasteiger partial charge in [-0.25, -0.2) is 0 Å². The van der Waals surface area contributed by atoms with Crippen LogP contribution < -0.4 is 0 Å². The highest BCUT2D eigenvalue weighted by molar-refractivity contribution is 5.47. The van der Waals surface area contributed by atoms with E-state index in [2.05, 4.69) is 55.2 Å². The van der Waals surface area contributed by atoms with E-state index in [0.717, 1.165) is 22.3 Å². The second-order valence-corrected chi connectivity index (χ2v) is 8.80. The van der Waals surface area contributed by atoms with Gasteiger partial charge in [0.25, 0.3) is 0 Å². The van der Waals surface area contributed by atoms with E-state index in [1.807, 2.05) is 78.0 Å². The molecule has 1 heterocycles. The van der Waals surface area contributed by atoms with Crippen molar-refractivity contribution in [1.29, 1.82) is 0 Å². The first-order valence-electron chi connectivity index (χ1n) is 11.8. The highest BCUT2D eigenvalue weighted by atomic mass is 16.7. The molecule has 0 aliphatic heterocycles. The molecule has 0 unspecified atom stereocenters. The van der Waals surface area contributed by atoms with Gasteiger partial charge in [0, 0.05) is 12.4 Å². The van der Waals surface area contributed by atoms with E-state index in [9.17, 15) is 5.11 Å². The molecule has 1 N–H and O–H groups in total. The summed E-state index contributed by atoms with van der Waals surface area (Å²) < 4.78 is 0. The quantitative estimate of drug-likeness (QED) is 0.243. The van der Waals surface area contributed by atoms with E-state index < -0.39 is 5.60 Å². The Hall–Kier alpha value is -3.31. The van der Waals surface area contributed by atoms with Crippen molar-refractivity contribution in [3.05, 3.63) is 138 Å². The molecular weight excluding hydrogens is 420 g/mol. The molecular formula is C30H32N2O2. The van der Waals surface area contributed by atoms with Crippen molar-refractivity contribution in [1.82, 2.24) is 10.0 Å². The summed E-state index contributed by atoms with van der Waals surface area (Å²) in [6, 6.07) is 34.6. The molecule has 0 aliphatic carbocycles. The summed E-state index contributed by atoms with van der Waals surface area (Å²) in [5.41, 5.74) is 3.16. The Kier molecular flexibility index (Phi) is 7.86. The fraction of sp³-hybridized carbons (Fsp3) is 0.233. The first kappa shape index (κ1) is 23.8. The number of rotatable bonds is 10. The molecule has 174 valence electrons. The van der Waals surface area contributed by atoms with Crippen LogP contribution in [0.25, 0.3) is 0 Å². The molecule has 0 aliphatic rings. The van der Waals surface area contributed by atoms with Crippen molar-refractivity contribution in [3.63, 3.8) is 0 Å². The van der Waals surface area contributed by atoms with Crippen LogP contribution in [0, 0.1) is 5.92 Å². The SMILES string of the molecule is CC(C)[C@H](CO)N(Cc1cccnc1)OC(c1ccccc1)(c1ccccc1)c1ccccc1. The Balaban J connectivity index is 1.92. The number of benzene rings is 3. The zero-order valence-corrected chi connectivity index (χ0v) is 19.8. The third kappa shape index (κ3) is 5.10. The minimum atomic E-state index is -0.908. The number of aliphatic hydroxyl groups is 1. The van der Waals surface area contributed by atoms with E-state index in [1.165, 1.54) is 0 Å². The van der Waals surface area contributed by atoms with E-state index in [4.69, 9.17) is 4.84 Å². The third-order valence-corrected chi connectivity index (χ3v) is 6.18. The maximum atomic E-state index is 10.4. The lowest BCUT2D eigenvalue weighted by Gasteiger charge is -2.43. The second-order valence-electron chi connectivity index (χ2n) is 8.80. The maximum absolute atomic E-state index is 10.4. The topological polar surface area (TPSA) is 45.6 Å². The maximum Gasteiger partial charge on any atom is 0.165 e. The largest absolute Gasteiger partial charge is 0.395 e. The predicted octanol–water partition coefficient (Wildman–Crippen LogP) is 5.82. The fourth-order valence-corrected chi connectivity index (χ4v) is 4.38. The highest BCUT2D eigenvalue weighted by Crippen LogP contribution is 2.42. The first-order valence-corrected chi connectivity index (χ1v) is 11.8. The summed E-state index contributed by atoms with van der Waals surface area (Å²) in [5, 5.41) is 12.4. The number of hydrogen-bond acceptors (Lipinski definition) is 4. The van der Waals surface area contributed by atoms with Gasteiger partial charge in [-0.1, -0.05) is 111 Å². The van der Waals surface area contributed by atoms with Crippen molar-refractivity contribution in [2.24, 2.45) is 5.92 Å². The molecule has 0 fully saturated rings. The molecule has 4 heteroatoms. The van der Waals surface area contributed by atoms with Crippen LogP contribution in [0.3, 0.4) is 0 Å². The van der Waals surface area contributed by atoms with Crippen molar-refractivity contribution >= 4 is 0 Å². The van der Waals surface area contributed by atoms with Crippen molar-refractivity contribution in [2.75, 3.05) is 6.61 Å². The molecule has 0 radical (unpaired) electrons. The van der Waals surface area contributed by atoms with Gasteiger partial charge in [-0.3, -0.25) is 9.82 Å². The summed E-state index contributed by atoms with van der Waals surface area (Å²) in [6.45, 7) is 4.68. The molecule has 4 rings (SSSR count). The van der Waals surface area contributed by atoms with Crippen LogP contribution in [-0.4, -0.2) is 27.8 Å². The summed E-state index contributed by atoms with van der Waals surface area (Å²) >= 11 is 0. The Morgan fingerprint density at radius 3 is 1.65 bits per heavy atom. The first-order chi connectivity index (χ1) is 16.6. The average Bonchev–Trinajstić information content (AvgIpc) is 2.89. The standard InChI is InChI=1S/C30H32N2O2/c1-24(2)29(23-33)32(22-25-13-12-20-31-21-25)34-30(26-14-6-3-7-15-26,27-16-8-4-9-17-27)28-18-10-5-11-19-28/h3-21,24,29,33H,22-23H2,1-2H3/t29-/m0/s1. The van der Waals surface area contributed by atoms with Crippen molar-refractivity contribution in [3.8, 4) is 0 Å². The average molecular weight is 453 g/mol. The highest BCUT2D eigenvalue weighted by Gasteiger charge is 2.41. The summed E-state index contributed by atoms with van der Waals surface area (Å²) in [4.78, 5) is 11.5. The lowest BCUT2D eigenvalue weighted by molar-refractivity contribution is -0.262. The molecule has 4 aromatic rings. The van der Waals surface area contributed by atoms with E-state index in [1.54, 1.807) is 6.20 Å². The van der Waals surface area contributed by atoms with Gasteiger partial charge in [-0.05, 0) is 34.2 Å². The number of hydrogen-bond donors (Lipinski definition) is 1. The Morgan fingerprint density at radius 1 is 0.765 bits per heavy atom. The molecule has 34 heavy (non-hydrogen) atoms. The molecule has 1 aromatic heterocycles. The zero-order valence-electron chi connectivity index (χ0n) is 19.8. The monoisotopic (exact) mass is 452 g/mol. The fourth-order valence-electron chi connectivity index (χ4n) is 4.38. The van der Waals surface area contributed by atoms with Gasteiger partial charge in [-0.15, -0.1) is 0 Å². The third-order valence-electron chi connectivity index (χ3n) is 6.18. The molecule has 0 saturated carbocycles. The van der Waals surface area contributed by atoms with Crippen LogP contribution in [0.1, 0.15) is 36.1 Å². The molecule has 0 bridgehead atoms. The van der Waals surface area contributed by atoms with Gasteiger partial charge in [0.05, 0.1) is 19.2 Å². The lowest BCUT2D eigenvalue weighted by atomic mass is 9.80. The van der Waals surface area contributed by atoms with Gasteiger partial charge < -0.3 is 5.11 Å². The van der Waals surface area contributed by atoms with E-state index in [0.29, 0.717) is 6.54 Å². The lowest BCUT2D eigenvalue weighted by Crippen LogP contribution is -2.48. The Bertz CT molecular complexity index is 1020. The number of hydroxylamine groups is 2. The van der Waals surface area contributed by atoms with Crippen LogP contribution >= 0.6 is 0 Å². The van der Waals surface area contributed by atoms with Gasteiger partial charge >= 0.3 is 0 Å². The zero-order chi connectivity index (χ0) is 23.8. The van der Waals surface area contributed by atoms with Crippen LogP contribution in [0.2, 0.25) is 0 Å². The van der Waals surface area contributed by atoms with Gasteiger partial charge in [0.15, 0.2) is 5.60 Å². The Labute approximate surface area is 202 Å². The normalized spacial score (nSPS) is 12.7. The minimum Gasteiger partial charge on any atom is -0.395 e. The van der Waals surface area contributed by atoms with Crippen molar-refractivity contribution in [2.45, 2.75) is 32.0 Å². The smallest absolute Gasteiger partial charge is 0.165 e. The van der Waals surface area contributed by atoms with Gasteiger partial charge in [0.2, 0.25) is 0 Å². The molecule has 0 spiro atoms. The Morgan fingerprint density at radius 2 is 1.26 bits per heavy atom.